The van der Waals surface area contributed by atoms with E-state index < -0.39 is 0 Å². The van der Waals surface area contributed by atoms with Gasteiger partial charge in [0.05, 0.1) is 5.69 Å². The van der Waals surface area contributed by atoms with Gasteiger partial charge in [0.2, 0.25) is 5.95 Å². The highest BCUT2D eigenvalue weighted by atomic mass is 19.1. The zero-order valence-corrected chi connectivity index (χ0v) is 18.7. The number of benzene rings is 2. The average molecular weight is 443 g/mol. The number of pyridine rings is 1. The Labute approximate surface area is 193 Å². The van der Waals surface area contributed by atoms with Crippen LogP contribution in [-0.2, 0) is 13.0 Å². The number of hydrogen-bond acceptors (Lipinski definition) is 6. The molecule has 6 nitrogen and oxygen atoms in total. The lowest BCUT2D eigenvalue weighted by Crippen LogP contribution is -2.21. The normalized spacial score (nSPS) is 11.8. The number of rotatable bonds is 8. The molecule has 1 atom stereocenters. The first-order chi connectivity index (χ1) is 16.0. The van der Waals surface area contributed by atoms with Crippen LogP contribution >= 0.6 is 0 Å². The van der Waals surface area contributed by atoms with Gasteiger partial charge in [-0.2, -0.15) is 4.98 Å². The second kappa shape index (κ2) is 10.2. The van der Waals surface area contributed by atoms with Crippen LogP contribution in [0.15, 0.2) is 79.0 Å². The fraction of sp³-hybridized carbons (Fsp3) is 0.192. The molecule has 2 aromatic heterocycles. The summed E-state index contributed by atoms with van der Waals surface area (Å²) in [6.07, 6.45) is 2.55. The number of nitrogens with two attached hydrogens (primary N) is 1. The van der Waals surface area contributed by atoms with Gasteiger partial charge in [-0.1, -0.05) is 42.5 Å². The Morgan fingerprint density at radius 1 is 0.939 bits per heavy atom. The standard InChI is InChI=1S/C26H27FN6/c1-18(14-19-6-3-7-20(15-19)17-28)30-26-29-13-12-25(32-26)33(2)24-11-5-10-23(31-24)21-8-4-9-22(27)16-21/h3-13,15-16,18H,14,17,28H2,1-2H3,(H,29,30,32)/t18-/m1/s1. The molecule has 0 saturated heterocycles. The van der Waals surface area contributed by atoms with Gasteiger partial charge in [0.1, 0.15) is 17.5 Å². The molecule has 0 radical (unpaired) electrons. The molecule has 0 unspecified atom stereocenters. The molecule has 7 heteroatoms. The fourth-order valence-electron chi connectivity index (χ4n) is 3.65. The molecule has 0 saturated carbocycles. The molecular formula is C26H27FN6. The molecule has 4 rings (SSSR count). The van der Waals surface area contributed by atoms with Crippen LogP contribution in [0.2, 0.25) is 0 Å². The zero-order chi connectivity index (χ0) is 23.2. The average Bonchev–Trinajstić information content (AvgIpc) is 2.84. The summed E-state index contributed by atoms with van der Waals surface area (Å²) in [4.78, 5) is 15.6. The largest absolute Gasteiger partial charge is 0.351 e. The summed E-state index contributed by atoms with van der Waals surface area (Å²) in [5, 5.41) is 3.38. The van der Waals surface area contributed by atoms with Crippen LogP contribution in [0.5, 0.6) is 0 Å². The minimum Gasteiger partial charge on any atom is -0.351 e. The molecule has 0 spiro atoms. The van der Waals surface area contributed by atoms with E-state index in [1.54, 1.807) is 12.3 Å². The summed E-state index contributed by atoms with van der Waals surface area (Å²) in [7, 11) is 1.89. The molecule has 2 aromatic carbocycles. The Kier molecular flexibility index (Phi) is 6.90. The quantitative estimate of drug-likeness (QED) is 0.402. The first kappa shape index (κ1) is 22.4. The summed E-state index contributed by atoms with van der Waals surface area (Å²) in [5.74, 6) is 1.66. The highest BCUT2D eigenvalue weighted by molar-refractivity contribution is 5.64. The van der Waals surface area contributed by atoms with E-state index >= 15 is 0 Å². The molecule has 33 heavy (non-hydrogen) atoms. The lowest BCUT2D eigenvalue weighted by atomic mass is 10.0. The smallest absolute Gasteiger partial charge is 0.224 e. The van der Waals surface area contributed by atoms with E-state index in [-0.39, 0.29) is 11.9 Å². The van der Waals surface area contributed by atoms with E-state index in [0.29, 0.717) is 29.8 Å². The zero-order valence-electron chi connectivity index (χ0n) is 18.7. The first-order valence-corrected chi connectivity index (χ1v) is 10.9. The molecule has 0 aliphatic carbocycles. The predicted molar refractivity (Wildman–Crippen MR) is 131 cm³/mol. The predicted octanol–water partition coefficient (Wildman–Crippen LogP) is 4.95. The summed E-state index contributed by atoms with van der Waals surface area (Å²) in [6.45, 7) is 2.63. The molecule has 0 bridgehead atoms. The van der Waals surface area contributed by atoms with Gasteiger partial charge in [0, 0.05) is 31.4 Å². The number of nitrogens with one attached hydrogen (secondary N) is 1. The van der Waals surface area contributed by atoms with E-state index in [9.17, 15) is 4.39 Å². The van der Waals surface area contributed by atoms with Gasteiger partial charge in [-0.05, 0) is 54.8 Å². The van der Waals surface area contributed by atoms with Crippen molar-refractivity contribution in [3.63, 3.8) is 0 Å². The maximum absolute atomic E-state index is 13.6. The highest BCUT2D eigenvalue weighted by Gasteiger charge is 2.12. The van der Waals surface area contributed by atoms with Gasteiger partial charge in [-0.3, -0.25) is 0 Å². The van der Waals surface area contributed by atoms with E-state index in [1.165, 1.54) is 17.7 Å². The molecule has 0 aliphatic rings. The minimum absolute atomic E-state index is 0.132. The molecule has 0 aliphatic heterocycles. The second-order valence-corrected chi connectivity index (χ2v) is 7.96. The van der Waals surface area contributed by atoms with Crippen molar-refractivity contribution < 1.29 is 4.39 Å². The fourth-order valence-corrected chi connectivity index (χ4v) is 3.65. The van der Waals surface area contributed by atoms with E-state index in [2.05, 4.69) is 34.3 Å². The molecule has 168 valence electrons. The van der Waals surface area contributed by atoms with Crippen molar-refractivity contribution in [2.45, 2.75) is 25.9 Å². The number of nitrogens with zero attached hydrogens (tertiary/aromatic N) is 4. The topological polar surface area (TPSA) is 80.0 Å². The van der Waals surface area contributed by atoms with Crippen LogP contribution in [0.1, 0.15) is 18.1 Å². The lowest BCUT2D eigenvalue weighted by molar-refractivity contribution is 0.628. The van der Waals surface area contributed by atoms with E-state index in [4.69, 9.17) is 10.7 Å². The van der Waals surface area contributed by atoms with E-state index in [0.717, 1.165) is 17.5 Å². The van der Waals surface area contributed by atoms with Gasteiger partial charge < -0.3 is 16.0 Å². The van der Waals surface area contributed by atoms with Crippen LogP contribution in [0.4, 0.5) is 22.0 Å². The summed E-state index contributed by atoms with van der Waals surface area (Å²) in [5.41, 5.74) is 9.50. The Balaban J connectivity index is 1.48. The minimum atomic E-state index is -0.288. The number of hydrogen-bond donors (Lipinski definition) is 2. The van der Waals surface area contributed by atoms with Gasteiger partial charge in [-0.25, -0.2) is 14.4 Å². The Bertz CT molecular complexity index is 1230. The van der Waals surface area contributed by atoms with Gasteiger partial charge in [0.15, 0.2) is 0 Å². The van der Waals surface area contributed by atoms with Gasteiger partial charge >= 0.3 is 0 Å². The Hall–Kier alpha value is -3.84. The lowest BCUT2D eigenvalue weighted by Gasteiger charge is -2.20. The van der Waals surface area contributed by atoms with Crippen molar-refractivity contribution in [2.75, 3.05) is 17.3 Å². The molecule has 3 N–H and O–H groups in total. The summed E-state index contributed by atoms with van der Waals surface area (Å²) >= 11 is 0. The molecule has 4 aromatic rings. The highest BCUT2D eigenvalue weighted by Crippen LogP contribution is 2.25. The number of anilines is 3. The van der Waals surface area contributed by atoms with Crippen LogP contribution in [0.3, 0.4) is 0 Å². The van der Waals surface area contributed by atoms with Gasteiger partial charge in [-0.15, -0.1) is 0 Å². The van der Waals surface area contributed by atoms with E-state index in [1.807, 2.05) is 54.4 Å². The monoisotopic (exact) mass is 442 g/mol. The Morgan fingerprint density at radius 3 is 2.52 bits per heavy atom. The third-order valence-electron chi connectivity index (χ3n) is 5.33. The van der Waals surface area contributed by atoms with Crippen molar-refractivity contribution in [2.24, 2.45) is 5.73 Å². The van der Waals surface area contributed by atoms with Crippen LogP contribution in [-0.4, -0.2) is 28.0 Å². The van der Waals surface area contributed by atoms with Crippen molar-refractivity contribution >= 4 is 17.6 Å². The van der Waals surface area contributed by atoms with Gasteiger partial charge in [0.25, 0.3) is 0 Å². The number of halogens is 1. The summed E-state index contributed by atoms with van der Waals surface area (Å²) < 4.78 is 13.6. The van der Waals surface area contributed by atoms with Crippen LogP contribution in [0.25, 0.3) is 11.3 Å². The van der Waals surface area contributed by atoms with Crippen molar-refractivity contribution in [1.29, 1.82) is 0 Å². The molecule has 0 fully saturated rings. The molecule has 0 amide bonds. The second-order valence-electron chi connectivity index (χ2n) is 7.96. The third-order valence-corrected chi connectivity index (χ3v) is 5.33. The maximum Gasteiger partial charge on any atom is 0.224 e. The first-order valence-electron chi connectivity index (χ1n) is 10.9. The maximum atomic E-state index is 13.6. The van der Waals surface area contributed by atoms with Crippen molar-refractivity contribution in [1.82, 2.24) is 15.0 Å². The summed E-state index contributed by atoms with van der Waals surface area (Å²) in [6, 6.07) is 22.3. The Morgan fingerprint density at radius 2 is 1.70 bits per heavy atom. The van der Waals surface area contributed by atoms with Crippen LogP contribution < -0.4 is 16.0 Å². The van der Waals surface area contributed by atoms with Crippen LogP contribution in [0, 0.1) is 5.82 Å². The third kappa shape index (κ3) is 5.70. The SMILES string of the molecule is C[C@H](Cc1cccc(CN)c1)Nc1nccc(N(C)c2cccc(-c3cccc(F)c3)n2)n1. The molecule has 2 heterocycles. The molecular weight excluding hydrogens is 415 g/mol. The van der Waals surface area contributed by atoms with Crippen molar-refractivity contribution in [3.8, 4) is 11.3 Å². The van der Waals surface area contributed by atoms with Crippen molar-refractivity contribution in [3.05, 3.63) is 95.9 Å². The number of aromatic nitrogens is 3.